The zero-order chi connectivity index (χ0) is 12.6. The van der Waals surface area contributed by atoms with E-state index in [1.165, 1.54) is 6.42 Å². The van der Waals surface area contributed by atoms with Gasteiger partial charge in [0.05, 0.1) is 13.0 Å². The van der Waals surface area contributed by atoms with Crippen molar-refractivity contribution in [2.75, 3.05) is 23.8 Å². The zero-order valence-electron chi connectivity index (χ0n) is 10.3. The lowest BCUT2D eigenvalue weighted by atomic mass is 9.69. The second kappa shape index (κ2) is 4.28. The Kier molecular flexibility index (Phi) is 2.74. The van der Waals surface area contributed by atoms with Crippen LogP contribution in [0.4, 0.5) is 11.4 Å². The molecular formula is C14H18N2O2. The van der Waals surface area contributed by atoms with Crippen molar-refractivity contribution in [3.05, 3.63) is 23.8 Å². The van der Waals surface area contributed by atoms with Crippen LogP contribution >= 0.6 is 0 Å². The number of aliphatic hydroxyl groups excluding tert-OH is 1. The van der Waals surface area contributed by atoms with Crippen LogP contribution in [0.1, 0.15) is 24.8 Å². The maximum absolute atomic E-state index is 11.3. The van der Waals surface area contributed by atoms with Crippen LogP contribution in [-0.4, -0.2) is 24.2 Å². The fourth-order valence-corrected chi connectivity index (χ4v) is 2.70. The van der Waals surface area contributed by atoms with E-state index in [1.807, 2.05) is 18.2 Å². The molecule has 0 bridgehead atoms. The molecule has 96 valence electrons. The number of carbonyl (C=O) groups excluding carboxylic acids is 1. The van der Waals surface area contributed by atoms with Crippen molar-refractivity contribution in [2.45, 2.75) is 25.7 Å². The van der Waals surface area contributed by atoms with Gasteiger partial charge in [-0.05, 0) is 36.6 Å². The van der Waals surface area contributed by atoms with Crippen molar-refractivity contribution in [1.82, 2.24) is 0 Å². The minimum atomic E-state index is 0.0629. The van der Waals surface area contributed by atoms with Crippen LogP contribution in [0.3, 0.4) is 0 Å². The second-order valence-electron chi connectivity index (χ2n) is 5.46. The Bertz CT molecular complexity index is 475. The molecule has 1 aromatic carbocycles. The van der Waals surface area contributed by atoms with Crippen molar-refractivity contribution in [3.8, 4) is 0 Å². The van der Waals surface area contributed by atoms with Crippen LogP contribution in [0.15, 0.2) is 18.2 Å². The highest BCUT2D eigenvalue weighted by atomic mass is 16.3. The Morgan fingerprint density at radius 1 is 1.39 bits per heavy atom. The molecule has 0 aromatic heterocycles. The summed E-state index contributed by atoms with van der Waals surface area (Å²) in [5.41, 5.74) is 3.08. The topological polar surface area (TPSA) is 61.4 Å². The predicted molar refractivity (Wildman–Crippen MR) is 70.6 cm³/mol. The Morgan fingerprint density at radius 2 is 2.22 bits per heavy atom. The zero-order valence-corrected chi connectivity index (χ0v) is 10.3. The molecule has 1 aromatic rings. The monoisotopic (exact) mass is 246 g/mol. The molecule has 3 N–H and O–H groups in total. The number of rotatable bonds is 4. The summed E-state index contributed by atoms with van der Waals surface area (Å²) in [6.07, 6.45) is 3.88. The molecule has 0 spiro atoms. The van der Waals surface area contributed by atoms with E-state index in [0.29, 0.717) is 6.42 Å². The Labute approximate surface area is 106 Å². The summed E-state index contributed by atoms with van der Waals surface area (Å²) in [5.74, 6) is 0.0629. The van der Waals surface area contributed by atoms with E-state index in [9.17, 15) is 9.90 Å². The van der Waals surface area contributed by atoms with E-state index in [4.69, 9.17) is 0 Å². The minimum Gasteiger partial charge on any atom is -0.396 e. The van der Waals surface area contributed by atoms with Gasteiger partial charge in [0, 0.05) is 23.3 Å². The summed E-state index contributed by atoms with van der Waals surface area (Å²) >= 11 is 0. The predicted octanol–water partition coefficient (Wildman–Crippen LogP) is 1.76. The van der Waals surface area contributed by atoms with Crippen LogP contribution in [-0.2, 0) is 11.2 Å². The molecule has 0 atom stereocenters. The van der Waals surface area contributed by atoms with Gasteiger partial charge in [-0.3, -0.25) is 4.79 Å². The van der Waals surface area contributed by atoms with Gasteiger partial charge in [0.15, 0.2) is 0 Å². The normalized spacial score (nSPS) is 19.9. The third-order valence-electron chi connectivity index (χ3n) is 4.15. The van der Waals surface area contributed by atoms with Crippen LogP contribution < -0.4 is 10.6 Å². The van der Waals surface area contributed by atoms with Gasteiger partial charge in [0.1, 0.15) is 0 Å². The van der Waals surface area contributed by atoms with E-state index in [2.05, 4.69) is 10.6 Å². The summed E-state index contributed by atoms with van der Waals surface area (Å²) in [6, 6.07) is 5.94. The molecule has 3 rings (SSSR count). The molecule has 1 heterocycles. The Morgan fingerprint density at radius 3 is 2.89 bits per heavy atom. The van der Waals surface area contributed by atoms with Gasteiger partial charge in [-0.25, -0.2) is 0 Å². The number of carbonyl (C=O) groups is 1. The van der Waals surface area contributed by atoms with Crippen molar-refractivity contribution in [3.63, 3.8) is 0 Å². The van der Waals surface area contributed by atoms with Crippen molar-refractivity contribution in [1.29, 1.82) is 0 Å². The number of amides is 1. The summed E-state index contributed by atoms with van der Waals surface area (Å²) < 4.78 is 0. The molecule has 1 fully saturated rings. The van der Waals surface area contributed by atoms with E-state index < -0.39 is 0 Å². The Balaban J connectivity index is 1.67. The molecule has 18 heavy (non-hydrogen) atoms. The third kappa shape index (κ3) is 1.97. The molecule has 1 aliphatic carbocycles. The third-order valence-corrected chi connectivity index (χ3v) is 4.15. The molecule has 4 nitrogen and oxygen atoms in total. The standard InChI is InChI=1S/C14H18N2O2/c17-9-14(4-1-5-14)8-15-11-2-3-12-10(6-11)7-13(18)16-12/h2-3,6,15,17H,1,4-5,7-9H2,(H,16,18). The average molecular weight is 246 g/mol. The van der Waals surface area contributed by atoms with Crippen molar-refractivity contribution < 1.29 is 9.90 Å². The molecule has 4 heteroatoms. The first-order valence-corrected chi connectivity index (χ1v) is 6.48. The largest absolute Gasteiger partial charge is 0.396 e. The molecule has 0 unspecified atom stereocenters. The van der Waals surface area contributed by atoms with Gasteiger partial charge in [0.25, 0.3) is 0 Å². The van der Waals surface area contributed by atoms with E-state index in [1.54, 1.807) is 0 Å². The van der Waals surface area contributed by atoms with Gasteiger partial charge in [0.2, 0.25) is 5.91 Å². The summed E-state index contributed by atoms with van der Waals surface area (Å²) in [7, 11) is 0. The lowest BCUT2D eigenvalue weighted by Crippen LogP contribution is -2.39. The number of fused-ring (bicyclic) bond motifs is 1. The average Bonchev–Trinajstić information content (AvgIpc) is 2.67. The van der Waals surface area contributed by atoms with Crippen molar-refractivity contribution in [2.24, 2.45) is 5.41 Å². The molecular weight excluding hydrogens is 228 g/mol. The second-order valence-corrected chi connectivity index (χ2v) is 5.46. The first-order chi connectivity index (χ1) is 8.71. The minimum absolute atomic E-state index is 0.0629. The fraction of sp³-hybridized carbons (Fsp3) is 0.500. The number of benzene rings is 1. The first kappa shape index (κ1) is 11.5. The fourth-order valence-electron chi connectivity index (χ4n) is 2.70. The molecule has 2 aliphatic rings. The van der Waals surface area contributed by atoms with Gasteiger partial charge >= 0.3 is 0 Å². The van der Waals surface area contributed by atoms with Crippen LogP contribution in [0.25, 0.3) is 0 Å². The van der Waals surface area contributed by atoms with E-state index in [0.717, 1.165) is 36.3 Å². The smallest absolute Gasteiger partial charge is 0.228 e. The quantitative estimate of drug-likeness (QED) is 0.758. The van der Waals surface area contributed by atoms with Gasteiger partial charge < -0.3 is 15.7 Å². The summed E-state index contributed by atoms with van der Waals surface area (Å²) in [5, 5.41) is 15.6. The summed E-state index contributed by atoms with van der Waals surface area (Å²) in [4.78, 5) is 11.3. The molecule has 1 saturated carbocycles. The van der Waals surface area contributed by atoms with Gasteiger partial charge in [-0.1, -0.05) is 6.42 Å². The molecule has 0 radical (unpaired) electrons. The number of aliphatic hydroxyl groups is 1. The lowest BCUT2D eigenvalue weighted by Gasteiger charge is -2.40. The van der Waals surface area contributed by atoms with Crippen LogP contribution in [0.2, 0.25) is 0 Å². The highest BCUT2D eigenvalue weighted by molar-refractivity contribution is 5.99. The van der Waals surface area contributed by atoms with Crippen molar-refractivity contribution >= 4 is 17.3 Å². The number of hydrogen-bond donors (Lipinski definition) is 3. The maximum Gasteiger partial charge on any atom is 0.228 e. The molecule has 1 aliphatic heterocycles. The SMILES string of the molecule is O=C1Cc2cc(NCC3(CO)CCC3)ccc2N1. The van der Waals surface area contributed by atoms with Crippen LogP contribution in [0, 0.1) is 5.41 Å². The lowest BCUT2D eigenvalue weighted by molar-refractivity contribution is -0.115. The molecule has 1 amide bonds. The first-order valence-electron chi connectivity index (χ1n) is 6.48. The highest BCUT2D eigenvalue weighted by Gasteiger charge is 2.36. The maximum atomic E-state index is 11.3. The molecule has 0 saturated heterocycles. The van der Waals surface area contributed by atoms with E-state index >= 15 is 0 Å². The van der Waals surface area contributed by atoms with E-state index in [-0.39, 0.29) is 17.9 Å². The highest BCUT2D eigenvalue weighted by Crippen LogP contribution is 2.40. The van der Waals surface area contributed by atoms with Gasteiger partial charge in [-0.2, -0.15) is 0 Å². The summed E-state index contributed by atoms with van der Waals surface area (Å²) in [6.45, 7) is 1.06. The number of anilines is 2. The number of nitrogens with one attached hydrogen (secondary N) is 2. The number of hydrogen-bond acceptors (Lipinski definition) is 3. The van der Waals surface area contributed by atoms with Gasteiger partial charge in [-0.15, -0.1) is 0 Å². The Hall–Kier alpha value is -1.55. The van der Waals surface area contributed by atoms with Crippen LogP contribution in [0.5, 0.6) is 0 Å².